The average molecular weight is 518 g/mol. The average Bonchev–Trinajstić information content (AvgIpc) is 3.36. The van der Waals surface area contributed by atoms with Gasteiger partial charge in [-0.2, -0.15) is 0 Å². The fourth-order valence-electron chi connectivity index (χ4n) is 3.34. The van der Waals surface area contributed by atoms with Crippen LogP contribution in [0, 0.1) is 6.92 Å². The summed E-state index contributed by atoms with van der Waals surface area (Å²) in [4.78, 5) is 36.6. The van der Waals surface area contributed by atoms with Gasteiger partial charge in [0.25, 0.3) is 5.91 Å². The monoisotopic (exact) mass is 517 g/mol. The first kappa shape index (κ1) is 26.2. The van der Waals surface area contributed by atoms with Crippen molar-refractivity contribution in [1.82, 2.24) is 14.8 Å². The summed E-state index contributed by atoms with van der Waals surface area (Å²) in [5, 5.41) is 11.8. The first-order valence-electron chi connectivity index (χ1n) is 10.7. The number of hydrogen-bond acceptors (Lipinski definition) is 9. The first-order chi connectivity index (χ1) is 16.7. The second-order valence-corrected chi connectivity index (χ2v) is 9.57. The molecule has 0 aliphatic carbocycles. The summed E-state index contributed by atoms with van der Waals surface area (Å²) in [6.45, 7) is 5.55. The molecule has 12 heteroatoms. The number of thiophene rings is 1. The highest BCUT2D eigenvalue weighted by Gasteiger charge is 2.25. The Labute approximate surface area is 211 Å². The van der Waals surface area contributed by atoms with Gasteiger partial charge < -0.3 is 25.1 Å². The number of nitrogens with zero attached hydrogens (tertiary/aromatic N) is 3. The molecule has 0 fully saturated rings. The van der Waals surface area contributed by atoms with E-state index in [1.54, 1.807) is 18.5 Å². The third kappa shape index (κ3) is 6.01. The minimum atomic E-state index is -0.684. The maximum atomic E-state index is 12.6. The normalized spacial score (nSPS) is 11.7. The molecular weight excluding hydrogens is 490 g/mol. The lowest BCUT2D eigenvalue weighted by Gasteiger charge is -2.14. The molecule has 186 valence electrons. The number of carbonyl (C=O) groups is 3. The standard InChI is InChI=1S/C23H27N5O5S2/c1-6-14-7-9-15(10-8-14)33-13(3)20-26-27-23(28(20)4)34-11-16(29)25-21-17(22(31)32-5)12(2)18(35-21)19(24)30/h7-10,13H,6,11H2,1-5H3,(H2,24,30)(H,25,29). The van der Waals surface area contributed by atoms with Gasteiger partial charge in [-0.15, -0.1) is 21.5 Å². The summed E-state index contributed by atoms with van der Waals surface area (Å²) in [6.07, 6.45) is 0.599. The van der Waals surface area contributed by atoms with Crippen molar-refractivity contribution in [2.75, 3.05) is 18.2 Å². The molecule has 1 unspecified atom stereocenters. The van der Waals surface area contributed by atoms with Crippen LogP contribution < -0.4 is 15.8 Å². The molecule has 0 aliphatic heterocycles. The number of rotatable bonds is 10. The van der Waals surface area contributed by atoms with E-state index in [-0.39, 0.29) is 33.2 Å². The number of amides is 2. The Morgan fingerprint density at radius 2 is 1.91 bits per heavy atom. The molecule has 0 aliphatic rings. The number of ether oxygens (including phenoxy) is 2. The number of nitrogens with two attached hydrogens (primary N) is 1. The van der Waals surface area contributed by atoms with Gasteiger partial charge in [0, 0.05) is 7.05 Å². The zero-order valence-corrected chi connectivity index (χ0v) is 21.7. The molecule has 1 atom stereocenters. The summed E-state index contributed by atoms with van der Waals surface area (Å²) in [7, 11) is 3.02. The molecule has 3 rings (SSSR count). The largest absolute Gasteiger partial charge is 0.483 e. The summed E-state index contributed by atoms with van der Waals surface area (Å²) in [5.41, 5.74) is 7.09. The smallest absolute Gasteiger partial charge is 0.341 e. The molecule has 0 radical (unpaired) electrons. The topological polar surface area (TPSA) is 138 Å². The molecule has 35 heavy (non-hydrogen) atoms. The van der Waals surface area contributed by atoms with E-state index in [0.717, 1.165) is 23.5 Å². The number of hydrogen-bond donors (Lipinski definition) is 2. The van der Waals surface area contributed by atoms with Gasteiger partial charge in [-0.3, -0.25) is 9.59 Å². The number of nitrogens with one attached hydrogen (secondary N) is 1. The van der Waals surface area contributed by atoms with Crippen LogP contribution in [0.15, 0.2) is 29.4 Å². The van der Waals surface area contributed by atoms with Gasteiger partial charge >= 0.3 is 5.97 Å². The van der Waals surface area contributed by atoms with Crippen molar-refractivity contribution in [3.05, 3.63) is 51.7 Å². The fourth-order valence-corrected chi connectivity index (χ4v) is 5.12. The molecule has 3 aromatic rings. The minimum absolute atomic E-state index is 0.00313. The third-order valence-corrected chi connectivity index (χ3v) is 7.46. The van der Waals surface area contributed by atoms with E-state index < -0.39 is 11.9 Å². The molecule has 10 nitrogen and oxygen atoms in total. The number of primary amides is 1. The maximum absolute atomic E-state index is 12.6. The fraction of sp³-hybridized carbons (Fsp3) is 0.348. The van der Waals surface area contributed by atoms with Crippen LogP contribution in [0.4, 0.5) is 5.00 Å². The van der Waals surface area contributed by atoms with E-state index in [4.69, 9.17) is 15.2 Å². The Morgan fingerprint density at radius 3 is 2.51 bits per heavy atom. The molecule has 2 aromatic heterocycles. The highest BCUT2D eigenvalue weighted by atomic mass is 32.2. The van der Waals surface area contributed by atoms with E-state index in [1.807, 2.05) is 31.2 Å². The number of thioether (sulfide) groups is 1. The number of anilines is 1. The van der Waals surface area contributed by atoms with Crippen molar-refractivity contribution in [1.29, 1.82) is 0 Å². The van der Waals surface area contributed by atoms with E-state index in [1.165, 1.54) is 24.4 Å². The first-order valence-corrected chi connectivity index (χ1v) is 12.5. The van der Waals surface area contributed by atoms with Crippen LogP contribution in [-0.2, 0) is 23.0 Å². The summed E-state index contributed by atoms with van der Waals surface area (Å²) in [6, 6.07) is 7.88. The van der Waals surface area contributed by atoms with Crippen LogP contribution in [-0.4, -0.2) is 45.4 Å². The molecule has 0 bridgehead atoms. The van der Waals surface area contributed by atoms with Crippen molar-refractivity contribution in [3.63, 3.8) is 0 Å². The predicted octanol–water partition coefficient (Wildman–Crippen LogP) is 3.50. The Kier molecular flexibility index (Phi) is 8.52. The summed E-state index contributed by atoms with van der Waals surface area (Å²) in [5.74, 6) is -0.386. The van der Waals surface area contributed by atoms with E-state index >= 15 is 0 Å². The Bertz CT molecular complexity index is 1240. The Hall–Kier alpha value is -3.38. The van der Waals surface area contributed by atoms with Crippen molar-refractivity contribution in [2.24, 2.45) is 12.8 Å². The van der Waals surface area contributed by atoms with Crippen LogP contribution in [0.3, 0.4) is 0 Å². The highest BCUT2D eigenvalue weighted by Crippen LogP contribution is 2.33. The Balaban J connectivity index is 1.65. The number of carbonyl (C=O) groups excluding carboxylic acids is 3. The zero-order valence-electron chi connectivity index (χ0n) is 20.1. The zero-order chi connectivity index (χ0) is 25.7. The van der Waals surface area contributed by atoms with Crippen molar-refractivity contribution in [2.45, 2.75) is 38.5 Å². The van der Waals surface area contributed by atoms with E-state index in [9.17, 15) is 14.4 Å². The Morgan fingerprint density at radius 1 is 1.23 bits per heavy atom. The van der Waals surface area contributed by atoms with Crippen LogP contribution in [0.5, 0.6) is 5.75 Å². The van der Waals surface area contributed by atoms with Crippen LogP contribution in [0.2, 0.25) is 0 Å². The quantitative estimate of drug-likeness (QED) is 0.308. The van der Waals surface area contributed by atoms with Crippen LogP contribution in [0.25, 0.3) is 0 Å². The molecule has 1 aromatic carbocycles. The van der Waals surface area contributed by atoms with Crippen LogP contribution >= 0.6 is 23.1 Å². The molecule has 3 N–H and O–H groups in total. The molecular formula is C23H27N5O5S2. The number of methoxy groups -OCH3 is 1. The van der Waals surface area contributed by atoms with E-state index in [2.05, 4.69) is 22.4 Å². The second-order valence-electron chi connectivity index (χ2n) is 7.61. The molecule has 0 spiro atoms. The van der Waals surface area contributed by atoms with Crippen molar-refractivity contribution in [3.8, 4) is 5.75 Å². The van der Waals surface area contributed by atoms with Gasteiger partial charge in [-0.25, -0.2) is 4.79 Å². The van der Waals surface area contributed by atoms with Gasteiger partial charge in [-0.1, -0.05) is 30.8 Å². The number of aromatic nitrogens is 3. The van der Waals surface area contributed by atoms with Gasteiger partial charge in [-0.05, 0) is 43.5 Å². The maximum Gasteiger partial charge on any atom is 0.341 e. The van der Waals surface area contributed by atoms with Gasteiger partial charge in [0.15, 0.2) is 17.1 Å². The molecule has 0 saturated carbocycles. The SMILES string of the molecule is CCc1ccc(OC(C)c2nnc(SCC(=O)Nc3sc(C(N)=O)c(C)c3C(=O)OC)n2C)cc1. The number of esters is 1. The minimum Gasteiger partial charge on any atom is -0.483 e. The van der Waals surface area contributed by atoms with Crippen LogP contribution in [0.1, 0.15) is 56.9 Å². The van der Waals surface area contributed by atoms with Gasteiger partial charge in [0.05, 0.1) is 23.3 Å². The summed E-state index contributed by atoms with van der Waals surface area (Å²) < 4.78 is 12.5. The molecule has 2 heterocycles. The summed E-state index contributed by atoms with van der Waals surface area (Å²) >= 11 is 2.12. The van der Waals surface area contributed by atoms with Gasteiger partial charge in [0.2, 0.25) is 5.91 Å². The van der Waals surface area contributed by atoms with E-state index in [0.29, 0.717) is 16.5 Å². The third-order valence-electron chi connectivity index (χ3n) is 5.22. The van der Waals surface area contributed by atoms with Gasteiger partial charge in [0.1, 0.15) is 10.8 Å². The van der Waals surface area contributed by atoms with Crippen molar-refractivity contribution < 1.29 is 23.9 Å². The molecule has 0 saturated heterocycles. The number of benzene rings is 1. The lowest BCUT2D eigenvalue weighted by Crippen LogP contribution is -2.16. The highest BCUT2D eigenvalue weighted by molar-refractivity contribution is 7.99. The molecule has 2 amide bonds. The number of aryl methyl sites for hydroxylation is 1. The van der Waals surface area contributed by atoms with Crippen molar-refractivity contribution >= 4 is 45.9 Å². The lowest BCUT2D eigenvalue weighted by molar-refractivity contribution is -0.113. The second kappa shape index (κ2) is 11.4. The lowest BCUT2D eigenvalue weighted by atomic mass is 10.1. The predicted molar refractivity (Wildman–Crippen MR) is 134 cm³/mol.